The number of halogens is 5. The first-order valence-corrected chi connectivity index (χ1v) is 7.01. The summed E-state index contributed by atoms with van der Waals surface area (Å²) in [6.07, 6.45) is 0. The van der Waals surface area contributed by atoms with Gasteiger partial charge in [0.2, 0.25) is 0 Å². The van der Waals surface area contributed by atoms with Crippen molar-refractivity contribution in [2.75, 3.05) is 0 Å². The molecule has 2 rings (SSSR count). The molecule has 6 heteroatoms. The Morgan fingerprint density at radius 3 is 2.32 bits per heavy atom. The minimum atomic E-state index is -0.697. The van der Waals surface area contributed by atoms with Crippen LogP contribution in [0.1, 0.15) is 15.9 Å². The summed E-state index contributed by atoms with van der Waals surface area (Å²) in [5, 5.41) is 0.225. The molecule has 0 radical (unpaired) electrons. The molecule has 1 nitrogen and oxygen atoms in total. The van der Waals surface area contributed by atoms with Crippen LogP contribution in [0.25, 0.3) is 0 Å². The van der Waals surface area contributed by atoms with Gasteiger partial charge in [-0.3, -0.25) is 4.79 Å². The molecule has 0 N–H and O–H groups in total. The first kappa shape index (κ1) is 14.6. The summed E-state index contributed by atoms with van der Waals surface area (Å²) in [4.78, 5) is 12.2. The highest BCUT2D eigenvalue weighted by Crippen LogP contribution is 2.28. The summed E-state index contributed by atoms with van der Waals surface area (Å²) >= 11 is 12.0. The van der Waals surface area contributed by atoms with Gasteiger partial charge in [-0.1, -0.05) is 11.6 Å². The van der Waals surface area contributed by atoms with E-state index in [-0.39, 0.29) is 20.6 Å². The maximum Gasteiger partial charge on any atom is 0.197 e. The van der Waals surface area contributed by atoms with Crippen molar-refractivity contribution < 1.29 is 13.6 Å². The first-order chi connectivity index (χ1) is 8.90. The fraction of sp³-hybridized carbons (Fsp3) is 0. The van der Waals surface area contributed by atoms with Crippen LogP contribution in [0.3, 0.4) is 0 Å². The molecule has 2 aromatic rings. The zero-order chi connectivity index (χ0) is 14.2. The lowest BCUT2D eigenvalue weighted by Crippen LogP contribution is -2.05. The van der Waals surface area contributed by atoms with Gasteiger partial charge in [0.25, 0.3) is 0 Å². The summed E-state index contributed by atoms with van der Waals surface area (Å²) in [6, 6.07) is 5.92. The van der Waals surface area contributed by atoms with E-state index >= 15 is 0 Å². The predicted octanol–water partition coefficient (Wildman–Crippen LogP) is 5.37. The third kappa shape index (κ3) is 3.04. The van der Waals surface area contributed by atoms with Crippen molar-refractivity contribution in [1.29, 1.82) is 0 Å². The molecule has 0 aliphatic rings. The normalized spacial score (nSPS) is 10.6. The second kappa shape index (κ2) is 5.69. The number of hydrogen-bond donors (Lipinski definition) is 0. The lowest BCUT2D eigenvalue weighted by Gasteiger charge is -2.07. The van der Waals surface area contributed by atoms with E-state index in [1.807, 2.05) is 0 Å². The second-order valence-corrected chi connectivity index (χ2v) is 5.82. The number of ketones is 1. The maximum atomic E-state index is 13.8. The van der Waals surface area contributed by atoms with Gasteiger partial charge in [-0.25, -0.2) is 8.78 Å². The molecule has 0 bridgehead atoms. The molecule has 0 unspecified atom stereocenters. The van der Waals surface area contributed by atoms with Crippen molar-refractivity contribution in [3.63, 3.8) is 0 Å². The standard InChI is InChI=1S/C13H5Br2ClF2O/c14-9-3-6(17)1-2-7(9)13(19)8-4-11(16)10(15)5-12(8)18/h1-5H. The fourth-order valence-corrected chi connectivity index (χ4v) is 2.53. The summed E-state index contributed by atoms with van der Waals surface area (Å²) in [5.74, 6) is -1.76. The van der Waals surface area contributed by atoms with Crippen LogP contribution in [0.15, 0.2) is 39.3 Å². The molecule has 0 saturated carbocycles. The lowest BCUT2D eigenvalue weighted by atomic mass is 10.0. The molecule has 0 spiro atoms. The topological polar surface area (TPSA) is 17.1 Å². The Morgan fingerprint density at radius 2 is 1.68 bits per heavy atom. The van der Waals surface area contributed by atoms with E-state index in [2.05, 4.69) is 31.9 Å². The van der Waals surface area contributed by atoms with Crippen LogP contribution in [0, 0.1) is 11.6 Å². The molecule has 0 aromatic heterocycles. The number of benzene rings is 2. The molecule has 0 amide bonds. The van der Waals surface area contributed by atoms with Crippen LogP contribution in [0.4, 0.5) is 8.78 Å². The van der Waals surface area contributed by atoms with E-state index < -0.39 is 17.4 Å². The van der Waals surface area contributed by atoms with Gasteiger partial charge in [0.1, 0.15) is 11.6 Å². The predicted molar refractivity (Wildman–Crippen MR) is 76.6 cm³/mol. The molecule has 98 valence electrons. The van der Waals surface area contributed by atoms with Crippen LogP contribution in [0.2, 0.25) is 5.02 Å². The average molecular weight is 410 g/mol. The summed E-state index contributed by atoms with van der Waals surface area (Å²) in [5.41, 5.74) is -0.000743. The molecule has 0 atom stereocenters. The maximum absolute atomic E-state index is 13.8. The van der Waals surface area contributed by atoms with Crippen molar-refractivity contribution in [3.8, 4) is 0 Å². The third-order valence-corrected chi connectivity index (χ3v) is 4.28. The monoisotopic (exact) mass is 408 g/mol. The number of carbonyl (C=O) groups is 1. The van der Waals surface area contributed by atoms with Crippen LogP contribution >= 0.6 is 43.5 Å². The van der Waals surface area contributed by atoms with Crippen LogP contribution in [-0.2, 0) is 0 Å². The fourth-order valence-electron chi connectivity index (χ4n) is 1.52. The first-order valence-electron chi connectivity index (χ1n) is 5.04. The molecular formula is C13H5Br2ClF2O. The number of carbonyl (C=O) groups excluding carboxylic acids is 1. The van der Waals surface area contributed by atoms with Gasteiger partial charge in [-0.05, 0) is 62.2 Å². The Morgan fingerprint density at radius 1 is 1.00 bits per heavy atom. The van der Waals surface area contributed by atoms with Gasteiger partial charge in [-0.2, -0.15) is 0 Å². The van der Waals surface area contributed by atoms with Gasteiger partial charge in [0, 0.05) is 14.5 Å². The van der Waals surface area contributed by atoms with Crippen LogP contribution in [-0.4, -0.2) is 5.78 Å². The minimum Gasteiger partial charge on any atom is -0.288 e. The highest BCUT2D eigenvalue weighted by molar-refractivity contribution is 9.10. The van der Waals surface area contributed by atoms with Crippen molar-refractivity contribution in [3.05, 3.63) is 67.1 Å². The second-order valence-electron chi connectivity index (χ2n) is 3.70. The van der Waals surface area contributed by atoms with E-state index in [0.717, 1.165) is 18.2 Å². The molecule has 0 aliphatic heterocycles. The largest absolute Gasteiger partial charge is 0.288 e. The van der Waals surface area contributed by atoms with E-state index in [1.165, 1.54) is 12.1 Å². The lowest BCUT2D eigenvalue weighted by molar-refractivity contribution is 0.103. The van der Waals surface area contributed by atoms with Gasteiger partial charge in [-0.15, -0.1) is 0 Å². The SMILES string of the molecule is O=C(c1cc(Cl)c(Br)cc1F)c1ccc(F)cc1Br. The Labute approximate surface area is 129 Å². The molecule has 0 saturated heterocycles. The minimum absolute atomic E-state index is 0.165. The molecule has 19 heavy (non-hydrogen) atoms. The van der Waals surface area contributed by atoms with Gasteiger partial charge in [0.15, 0.2) is 5.78 Å². The zero-order valence-electron chi connectivity index (χ0n) is 9.18. The number of rotatable bonds is 2. The zero-order valence-corrected chi connectivity index (χ0v) is 13.1. The Kier molecular flexibility index (Phi) is 4.38. The molecule has 0 fully saturated rings. The quantitative estimate of drug-likeness (QED) is 0.480. The molecule has 2 aromatic carbocycles. The summed E-state index contributed by atoms with van der Waals surface area (Å²) in [7, 11) is 0. The third-order valence-electron chi connectivity index (χ3n) is 2.43. The van der Waals surface area contributed by atoms with Crippen molar-refractivity contribution in [2.45, 2.75) is 0 Å². The Bertz CT molecular complexity index is 674. The van der Waals surface area contributed by atoms with E-state index in [9.17, 15) is 13.6 Å². The Hall–Kier alpha value is -0.780. The number of hydrogen-bond acceptors (Lipinski definition) is 1. The molecular weight excluding hydrogens is 405 g/mol. The summed E-state index contributed by atoms with van der Waals surface area (Å²) < 4.78 is 27.4. The molecule has 0 heterocycles. The van der Waals surface area contributed by atoms with Crippen LogP contribution < -0.4 is 0 Å². The van der Waals surface area contributed by atoms with Gasteiger partial charge < -0.3 is 0 Å². The average Bonchev–Trinajstić information content (AvgIpc) is 2.33. The van der Waals surface area contributed by atoms with Crippen molar-refractivity contribution in [1.82, 2.24) is 0 Å². The Balaban J connectivity index is 2.53. The highest BCUT2D eigenvalue weighted by Gasteiger charge is 2.18. The van der Waals surface area contributed by atoms with Crippen molar-refractivity contribution >= 4 is 49.2 Å². The van der Waals surface area contributed by atoms with E-state index in [4.69, 9.17) is 11.6 Å². The molecule has 0 aliphatic carbocycles. The smallest absolute Gasteiger partial charge is 0.197 e. The van der Waals surface area contributed by atoms with E-state index in [0.29, 0.717) is 4.47 Å². The van der Waals surface area contributed by atoms with Gasteiger partial charge >= 0.3 is 0 Å². The van der Waals surface area contributed by atoms with Crippen molar-refractivity contribution in [2.24, 2.45) is 0 Å². The van der Waals surface area contributed by atoms with E-state index in [1.54, 1.807) is 0 Å². The summed E-state index contributed by atoms with van der Waals surface area (Å²) in [6.45, 7) is 0. The van der Waals surface area contributed by atoms with Crippen LogP contribution in [0.5, 0.6) is 0 Å². The van der Waals surface area contributed by atoms with Gasteiger partial charge in [0.05, 0.1) is 10.6 Å². The highest BCUT2D eigenvalue weighted by atomic mass is 79.9.